The summed E-state index contributed by atoms with van der Waals surface area (Å²) in [7, 11) is 0.630. The van der Waals surface area contributed by atoms with Crippen LogP contribution < -0.4 is 0 Å². The van der Waals surface area contributed by atoms with Gasteiger partial charge in [0.1, 0.15) is 18.1 Å². The highest BCUT2D eigenvalue weighted by atomic mass is 16.5. The first-order chi connectivity index (χ1) is 15.9. The van der Waals surface area contributed by atoms with Crippen LogP contribution in [0.5, 0.6) is 0 Å². The number of rotatable bonds is 8. The molecule has 1 aliphatic carbocycles. The molecule has 0 spiro atoms. The Morgan fingerprint density at radius 2 is 2.00 bits per heavy atom. The molecule has 178 valence electrons. The van der Waals surface area contributed by atoms with Crippen LogP contribution in [-0.4, -0.2) is 47.1 Å². The number of hydrogen-bond acceptors (Lipinski definition) is 6. The second kappa shape index (κ2) is 9.99. The van der Waals surface area contributed by atoms with Crippen LogP contribution in [0.2, 0.25) is 6.32 Å². The third-order valence-corrected chi connectivity index (χ3v) is 7.44. The van der Waals surface area contributed by atoms with Crippen LogP contribution in [0.1, 0.15) is 63.9 Å². The second-order valence-corrected chi connectivity index (χ2v) is 9.46. The Kier molecular flexibility index (Phi) is 7.26. The lowest BCUT2D eigenvalue weighted by molar-refractivity contribution is -0.138. The van der Waals surface area contributed by atoms with E-state index in [0.717, 1.165) is 37.0 Å². The third-order valence-electron chi connectivity index (χ3n) is 7.44. The molecule has 3 heterocycles. The van der Waals surface area contributed by atoms with E-state index in [9.17, 15) is 19.7 Å². The van der Waals surface area contributed by atoms with E-state index in [1.165, 1.54) is 16.0 Å². The van der Waals surface area contributed by atoms with Gasteiger partial charge in [0, 0.05) is 7.05 Å². The number of amides is 2. The molecule has 0 aromatic carbocycles. The molecule has 4 rings (SSSR count). The first-order valence-corrected chi connectivity index (χ1v) is 12.1. The Balaban J connectivity index is 1.58. The highest BCUT2D eigenvalue weighted by molar-refractivity contribution is 6.43. The molecular formula is C25H34BNO6. The summed E-state index contributed by atoms with van der Waals surface area (Å²) in [5.74, 6) is 0.184. The number of carbonyl (C=O) groups is 2. The lowest BCUT2D eigenvalue weighted by Crippen LogP contribution is -2.46. The van der Waals surface area contributed by atoms with Gasteiger partial charge in [-0.2, -0.15) is 0 Å². The maximum Gasteiger partial charge on any atom is 0.455 e. The van der Waals surface area contributed by atoms with Gasteiger partial charge in [-0.3, -0.25) is 14.5 Å². The topological polar surface area (TPSA) is 100 Å². The number of hydrogen-bond donors (Lipinski definition) is 2. The SMILES string of the molecule is CCC/C(=C\c1ccc(CO)o1)CC[C@H]1OB(O)C[C@H]2C1=C(CC)C[C@H]1C(=O)N(C)C(=O)[C@H]12. The van der Waals surface area contributed by atoms with E-state index < -0.39 is 7.12 Å². The molecule has 0 radical (unpaired) electrons. The molecule has 0 unspecified atom stereocenters. The first kappa shape index (κ1) is 24.0. The zero-order valence-electron chi connectivity index (χ0n) is 19.8. The van der Waals surface area contributed by atoms with Gasteiger partial charge in [-0.05, 0) is 68.1 Å². The Bertz CT molecular complexity index is 966. The molecule has 7 nitrogen and oxygen atoms in total. The van der Waals surface area contributed by atoms with E-state index in [2.05, 4.69) is 13.8 Å². The molecule has 1 aromatic heterocycles. The molecule has 4 atom stereocenters. The fourth-order valence-corrected chi connectivity index (χ4v) is 5.93. The van der Waals surface area contributed by atoms with Gasteiger partial charge in [0.05, 0.1) is 17.9 Å². The largest absolute Gasteiger partial charge is 0.459 e. The standard InChI is InChI=1S/C25H34BNO6/c1-4-6-15(11-17-8-9-18(14-28)32-17)7-10-21-22-16(5-2)12-19-23(20(22)13-26(31)33-21)25(30)27(3)24(19)29/h8-9,11,19-21,23,28,31H,4-7,10,12-14H2,1-3H3/b15-11+/t19-,20+,21-,23-/m1/s1. The first-order valence-electron chi connectivity index (χ1n) is 12.1. The van der Waals surface area contributed by atoms with Gasteiger partial charge in [0.15, 0.2) is 0 Å². The van der Waals surface area contributed by atoms with Crippen LogP contribution in [0.4, 0.5) is 0 Å². The number of fused-ring (bicyclic) bond motifs is 3. The highest BCUT2D eigenvalue weighted by Gasteiger charge is 2.56. The average Bonchev–Trinajstić information content (AvgIpc) is 3.35. The highest BCUT2D eigenvalue weighted by Crippen LogP contribution is 2.50. The normalized spacial score (nSPS) is 28.0. The molecule has 3 aliphatic rings. The predicted molar refractivity (Wildman–Crippen MR) is 125 cm³/mol. The number of furan rings is 1. The number of carbonyl (C=O) groups excluding carboxylic acids is 2. The molecule has 1 aromatic rings. The fraction of sp³-hybridized carbons (Fsp3) is 0.600. The number of nitrogens with zero attached hydrogens (tertiary/aromatic N) is 1. The Hall–Kier alpha value is -2.16. The summed E-state index contributed by atoms with van der Waals surface area (Å²) in [5, 5.41) is 19.8. The summed E-state index contributed by atoms with van der Waals surface area (Å²) in [6, 6.07) is 3.63. The van der Waals surface area contributed by atoms with Crippen molar-refractivity contribution in [3.05, 3.63) is 40.4 Å². The quantitative estimate of drug-likeness (QED) is 0.353. The summed E-state index contributed by atoms with van der Waals surface area (Å²) < 4.78 is 11.7. The van der Waals surface area contributed by atoms with Crippen molar-refractivity contribution in [3.8, 4) is 0 Å². The van der Waals surface area contributed by atoms with Crippen molar-refractivity contribution in [2.75, 3.05) is 7.05 Å². The minimum Gasteiger partial charge on any atom is -0.459 e. The second-order valence-electron chi connectivity index (χ2n) is 9.46. The number of aliphatic hydroxyl groups excluding tert-OH is 1. The predicted octanol–water partition coefficient (Wildman–Crippen LogP) is 3.57. The molecule has 2 saturated heterocycles. The van der Waals surface area contributed by atoms with Crippen LogP contribution in [0.3, 0.4) is 0 Å². The molecule has 2 fully saturated rings. The van der Waals surface area contributed by atoms with Crippen molar-refractivity contribution in [2.45, 2.75) is 71.4 Å². The van der Waals surface area contributed by atoms with Crippen LogP contribution in [0, 0.1) is 17.8 Å². The smallest absolute Gasteiger partial charge is 0.455 e. The summed E-state index contributed by atoms with van der Waals surface area (Å²) in [6.07, 6.45) is 6.90. The Morgan fingerprint density at radius 1 is 1.21 bits per heavy atom. The zero-order valence-corrected chi connectivity index (χ0v) is 19.8. The summed E-state index contributed by atoms with van der Waals surface area (Å²) >= 11 is 0. The minimum absolute atomic E-state index is 0.0959. The van der Waals surface area contributed by atoms with Gasteiger partial charge in [0.25, 0.3) is 0 Å². The number of allylic oxidation sites excluding steroid dienone is 2. The van der Waals surface area contributed by atoms with Crippen molar-refractivity contribution >= 4 is 25.0 Å². The van der Waals surface area contributed by atoms with Crippen molar-refractivity contribution in [1.29, 1.82) is 0 Å². The van der Waals surface area contributed by atoms with E-state index in [-0.39, 0.29) is 42.3 Å². The van der Waals surface area contributed by atoms with Gasteiger partial charge in [-0.25, -0.2) is 0 Å². The monoisotopic (exact) mass is 455 g/mol. The molecule has 2 aliphatic heterocycles. The number of imide groups is 1. The minimum atomic E-state index is -0.940. The summed E-state index contributed by atoms with van der Waals surface area (Å²) in [5.41, 5.74) is 3.56. The van der Waals surface area contributed by atoms with Crippen LogP contribution in [0.25, 0.3) is 6.08 Å². The number of likely N-dealkylation sites (tertiary alicyclic amines) is 1. The van der Waals surface area contributed by atoms with Crippen LogP contribution in [0.15, 0.2) is 33.3 Å². The molecule has 8 heteroatoms. The van der Waals surface area contributed by atoms with Gasteiger partial charge >= 0.3 is 7.12 Å². The molecule has 33 heavy (non-hydrogen) atoms. The zero-order chi connectivity index (χ0) is 23.7. The molecule has 2 amide bonds. The Morgan fingerprint density at radius 3 is 2.67 bits per heavy atom. The van der Waals surface area contributed by atoms with Gasteiger partial charge in [-0.15, -0.1) is 0 Å². The van der Waals surface area contributed by atoms with Gasteiger partial charge < -0.3 is 19.2 Å². The van der Waals surface area contributed by atoms with Crippen molar-refractivity contribution in [1.82, 2.24) is 4.90 Å². The fourth-order valence-electron chi connectivity index (χ4n) is 5.93. The van der Waals surface area contributed by atoms with Crippen molar-refractivity contribution in [3.63, 3.8) is 0 Å². The van der Waals surface area contributed by atoms with E-state index in [1.54, 1.807) is 13.1 Å². The molecule has 2 N–H and O–H groups in total. The van der Waals surface area contributed by atoms with Gasteiger partial charge in [0.2, 0.25) is 11.8 Å². The van der Waals surface area contributed by atoms with E-state index >= 15 is 0 Å². The van der Waals surface area contributed by atoms with Crippen LogP contribution >= 0.6 is 0 Å². The summed E-state index contributed by atoms with van der Waals surface area (Å²) in [6.45, 7) is 4.09. The van der Waals surface area contributed by atoms with Crippen molar-refractivity contribution < 1.29 is 28.8 Å². The maximum atomic E-state index is 12.9. The Labute approximate surface area is 195 Å². The van der Waals surface area contributed by atoms with E-state index in [0.29, 0.717) is 24.9 Å². The molecular weight excluding hydrogens is 421 g/mol. The lowest BCUT2D eigenvalue weighted by atomic mass is 9.58. The molecule has 0 bridgehead atoms. The molecule has 0 saturated carbocycles. The number of aliphatic hydroxyl groups is 1. The van der Waals surface area contributed by atoms with Crippen LogP contribution in [-0.2, 0) is 20.9 Å². The van der Waals surface area contributed by atoms with Gasteiger partial charge in [-0.1, -0.05) is 31.4 Å². The van der Waals surface area contributed by atoms with E-state index in [4.69, 9.17) is 9.07 Å². The van der Waals surface area contributed by atoms with Crippen molar-refractivity contribution in [2.24, 2.45) is 17.8 Å². The third kappa shape index (κ3) is 4.61. The lowest BCUT2D eigenvalue weighted by Gasteiger charge is -2.43. The van der Waals surface area contributed by atoms with E-state index in [1.807, 2.05) is 12.1 Å². The average molecular weight is 455 g/mol. The maximum absolute atomic E-state index is 12.9. The summed E-state index contributed by atoms with van der Waals surface area (Å²) in [4.78, 5) is 26.9.